The molecule has 0 aliphatic carbocycles. The summed E-state index contributed by atoms with van der Waals surface area (Å²) in [6, 6.07) is 8.78. The number of rotatable bonds is 5. The number of halogens is 2. The van der Waals surface area contributed by atoms with Crippen LogP contribution < -0.4 is 14.8 Å². The Hall–Kier alpha value is -2.27. The lowest BCUT2D eigenvalue weighted by atomic mass is 10.2. The molecule has 22 heavy (non-hydrogen) atoms. The van der Waals surface area contributed by atoms with E-state index in [1.807, 2.05) is 6.92 Å². The normalized spacial score (nSPS) is 10.2. The molecule has 1 N–H and O–H groups in total. The van der Waals surface area contributed by atoms with E-state index < -0.39 is 0 Å². The van der Waals surface area contributed by atoms with Crippen molar-refractivity contribution in [2.45, 2.75) is 6.92 Å². The maximum absolute atomic E-state index is 12.8. The summed E-state index contributed by atoms with van der Waals surface area (Å²) in [4.78, 5) is 11.9. The Morgan fingerprint density at radius 1 is 1.27 bits per heavy atom. The molecule has 0 spiro atoms. The first kappa shape index (κ1) is 16.1. The summed E-state index contributed by atoms with van der Waals surface area (Å²) < 4.78 is 23.2. The zero-order valence-corrected chi connectivity index (χ0v) is 12.9. The highest BCUT2D eigenvalue weighted by Gasteiger charge is 2.11. The van der Waals surface area contributed by atoms with Gasteiger partial charge in [-0.05, 0) is 42.8 Å². The number of ether oxygens (including phenoxy) is 2. The number of anilines is 1. The van der Waals surface area contributed by atoms with E-state index in [-0.39, 0.29) is 18.3 Å². The average molecular weight is 324 g/mol. The summed E-state index contributed by atoms with van der Waals surface area (Å²) in [6.45, 7) is 1.63. The second kappa shape index (κ2) is 7.13. The molecule has 0 aliphatic heterocycles. The van der Waals surface area contributed by atoms with E-state index >= 15 is 0 Å². The molecule has 0 unspecified atom stereocenters. The van der Waals surface area contributed by atoms with E-state index in [0.717, 1.165) is 5.56 Å². The number of aryl methyl sites for hydroxylation is 1. The van der Waals surface area contributed by atoms with Crippen LogP contribution in [0.3, 0.4) is 0 Å². The van der Waals surface area contributed by atoms with Gasteiger partial charge in [-0.2, -0.15) is 0 Å². The number of nitrogens with one attached hydrogen (secondary N) is 1. The Morgan fingerprint density at radius 3 is 2.59 bits per heavy atom. The van der Waals surface area contributed by atoms with Gasteiger partial charge >= 0.3 is 0 Å². The first-order valence-corrected chi connectivity index (χ1v) is 6.89. The zero-order chi connectivity index (χ0) is 16.1. The van der Waals surface area contributed by atoms with Gasteiger partial charge in [0.25, 0.3) is 5.91 Å². The molecule has 0 aromatic heterocycles. The number of hydrogen-bond acceptors (Lipinski definition) is 3. The molecule has 0 bridgehead atoms. The highest BCUT2D eigenvalue weighted by Crippen LogP contribution is 2.30. The molecule has 4 nitrogen and oxygen atoms in total. The molecule has 6 heteroatoms. The molecule has 0 heterocycles. The van der Waals surface area contributed by atoms with Crippen LogP contribution >= 0.6 is 11.6 Å². The molecule has 0 aliphatic rings. The molecular formula is C16H15ClFNO3. The van der Waals surface area contributed by atoms with E-state index in [0.29, 0.717) is 22.2 Å². The van der Waals surface area contributed by atoms with E-state index in [1.165, 1.54) is 31.4 Å². The van der Waals surface area contributed by atoms with Crippen LogP contribution in [0.25, 0.3) is 0 Å². The molecular weight excluding hydrogens is 309 g/mol. The number of benzene rings is 2. The Bertz CT molecular complexity index is 674. The Balaban J connectivity index is 2.00. The van der Waals surface area contributed by atoms with Crippen molar-refractivity contribution in [1.82, 2.24) is 0 Å². The first-order chi connectivity index (χ1) is 10.5. The molecule has 116 valence electrons. The second-order valence-electron chi connectivity index (χ2n) is 4.59. The van der Waals surface area contributed by atoms with Gasteiger partial charge < -0.3 is 14.8 Å². The fraction of sp³-hybridized carbons (Fsp3) is 0.188. The van der Waals surface area contributed by atoms with Gasteiger partial charge in [0.2, 0.25) is 0 Å². The number of carbonyl (C=O) groups is 1. The lowest BCUT2D eigenvalue weighted by Crippen LogP contribution is -2.20. The van der Waals surface area contributed by atoms with Gasteiger partial charge in [0, 0.05) is 11.1 Å². The quantitative estimate of drug-likeness (QED) is 0.910. The zero-order valence-electron chi connectivity index (χ0n) is 12.2. The predicted octanol–water partition coefficient (Wildman–Crippen LogP) is 3.81. The maximum Gasteiger partial charge on any atom is 0.262 e. The molecule has 0 saturated heterocycles. The average Bonchev–Trinajstić information content (AvgIpc) is 2.50. The fourth-order valence-corrected chi connectivity index (χ4v) is 1.95. The Kier molecular flexibility index (Phi) is 5.22. The van der Waals surface area contributed by atoms with Crippen molar-refractivity contribution in [3.8, 4) is 11.5 Å². The summed E-state index contributed by atoms with van der Waals surface area (Å²) in [5.41, 5.74) is 1.33. The summed E-state index contributed by atoms with van der Waals surface area (Å²) in [7, 11) is 1.49. The van der Waals surface area contributed by atoms with Crippen LogP contribution in [0.15, 0.2) is 36.4 Å². The number of carbonyl (C=O) groups excluding carboxylic acids is 1. The minimum atomic E-state index is -0.363. The molecule has 0 atom stereocenters. The molecule has 2 aromatic rings. The first-order valence-electron chi connectivity index (χ1n) is 6.52. The van der Waals surface area contributed by atoms with Crippen molar-refractivity contribution >= 4 is 23.2 Å². The van der Waals surface area contributed by atoms with Crippen LogP contribution in [0.5, 0.6) is 11.5 Å². The largest absolute Gasteiger partial charge is 0.495 e. The summed E-state index contributed by atoms with van der Waals surface area (Å²) in [6.07, 6.45) is 0. The van der Waals surface area contributed by atoms with Gasteiger partial charge in [-0.25, -0.2) is 4.39 Å². The summed E-state index contributed by atoms with van der Waals surface area (Å²) in [5, 5.41) is 3.24. The van der Waals surface area contributed by atoms with E-state index in [4.69, 9.17) is 21.1 Å². The van der Waals surface area contributed by atoms with Crippen LogP contribution in [0, 0.1) is 12.7 Å². The number of amides is 1. The lowest BCUT2D eigenvalue weighted by molar-refractivity contribution is -0.118. The van der Waals surface area contributed by atoms with E-state index in [1.54, 1.807) is 12.1 Å². The van der Waals surface area contributed by atoms with Gasteiger partial charge in [-0.3, -0.25) is 4.79 Å². The predicted molar refractivity (Wildman–Crippen MR) is 83.3 cm³/mol. The third kappa shape index (κ3) is 4.11. The van der Waals surface area contributed by atoms with Crippen molar-refractivity contribution < 1.29 is 18.7 Å². The molecule has 1 amide bonds. The summed E-state index contributed by atoms with van der Waals surface area (Å²) in [5.74, 6) is 0.157. The highest BCUT2D eigenvalue weighted by molar-refractivity contribution is 6.31. The molecule has 0 fully saturated rings. The minimum Gasteiger partial charge on any atom is -0.495 e. The Labute approximate surface area is 132 Å². The highest BCUT2D eigenvalue weighted by atomic mass is 35.5. The van der Waals surface area contributed by atoms with Crippen LogP contribution in [-0.2, 0) is 4.79 Å². The van der Waals surface area contributed by atoms with Crippen LogP contribution in [0.1, 0.15) is 5.56 Å². The van der Waals surface area contributed by atoms with E-state index in [9.17, 15) is 9.18 Å². The molecule has 2 rings (SSSR count). The lowest BCUT2D eigenvalue weighted by Gasteiger charge is -2.12. The number of hydrogen-bond donors (Lipinski definition) is 1. The smallest absolute Gasteiger partial charge is 0.262 e. The SMILES string of the molecule is COc1cc(Cl)c(C)cc1NC(=O)COc1ccc(F)cc1. The summed E-state index contributed by atoms with van der Waals surface area (Å²) >= 11 is 6.01. The van der Waals surface area contributed by atoms with Crippen molar-refractivity contribution in [2.24, 2.45) is 0 Å². The van der Waals surface area contributed by atoms with Gasteiger partial charge in [0.15, 0.2) is 6.61 Å². The second-order valence-corrected chi connectivity index (χ2v) is 5.00. The molecule has 0 saturated carbocycles. The van der Waals surface area contributed by atoms with Crippen molar-refractivity contribution in [1.29, 1.82) is 0 Å². The minimum absolute atomic E-state index is 0.198. The van der Waals surface area contributed by atoms with Crippen LogP contribution in [0.4, 0.5) is 10.1 Å². The third-order valence-corrected chi connectivity index (χ3v) is 3.35. The van der Waals surface area contributed by atoms with Gasteiger partial charge in [0.05, 0.1) is 12.8 Å². The van der Waals surface area contributed by atoms with E-state index in [2.05, 4.69) is 5.32 Å². The van der Waals surface area contributed by atoms with Gasteiger partial charge in [-0.15, -0.1) is 0 Å². The van der Waals surface area contributed by atoms with Crippen LogP contribution in [0.2, 0.25) is 5.02 Å². The fourth-order valence-electron chi connectivity index (χ4n) is 1.80. The molecule has 2 aromatic carbocycles. The van der Waals surface area contributed by atoms with Gasteiger partial charge in [0.1, 0.15) is 17.3 Å². The van der Waals surface area contributed by atoms with Crippen LogP contribution in [-0.4, -0.2) is 19.6 Å². The van der Waals surface area contributed by atoms with Crippen molar-refractivity contribution in [2.75, 3.05) is 19.0 Å². The maximum atomic E-state index is 12.8. The standard InChI is InChI=1S/C16H15ClFNO3/c1-10-7-14(15(21-2)8-13(10)17)19-16(20)9-22-12-5-3-11(18)4-6-12/h3-8H,9H2,1-2H3,(H,19,20). The number of methoxy groups -OCH3 is 1. The third-order valence-electron chi connectivity index (χ3n) is 2.94. The van der Waals surface area contributed by atoms with Gasteiger partial charge in [-0.1, -0.05) is 11.6 Å². The van der Waals surface area contributed by atoms with Crippen molar-refractivity contribution in [3.05, 3.63) is 52.8 Å². The topological polar surface area (TPSA) is 47.6 Å². The monoisotopic (exact) mass is 323 g/mol. The van der Waals surface area contributed by atoms with Crippen molar-refractivity contribution in [3.63, 3.8) is 0 Å². The molecule has 0 radical (unpaired) electrons. The Morgan fingerprint density at radius 2 is 1.95 bits per heavy atom.